The number of pyridine rings is 1. The molecule has 0 aliphatic heterocycles. The van der Waals surface area contributed by atoms with Crippen LogP contribution in [0.1, 0.15) is 25.7 Å². The minimum atomic E-state index is 0.783. The van der Waals surface area contributed by atoms with E-state index in [1.54, 1.807) is 12.4 Å². The topological polar surface area (TPSA) is 50.4 Å². The van der Waals surface area contributed by atoms with E-state index in [0.29, 0.717) is 0 Å². The summed E-state index contributed by atoms with van der Waals surface area (Å²) in [5, 5.41) is 13.3. The van der Waals surface area contributed by atoms with Gasteiger partial charge in [0, 0.05) is 36.1 Å². The number of hydrogen-bond acceptors (Lipinski definition) is 3. The van der Waals surface area contributed by atoms with Gasteiger partial charge in [-0.3, -0.25) is 4.98 Å². The third-order valence-electron chi connectivity index (χ3n) is 4.14. The van der Waals surface area contributed by atoms with Crippen molar-refractivity contribution in [3.63, 3.8) is 0 Å². The Morgan fingerprint density at radius 2 is 2.00 bits per heavy atom. The zero-order valence-corrected chi connectivity index (χ0v) is 14.2. The molecule has 2 aromatic heterocycles. The molecule has 3 rings (SSSR count). The first-order valence-corrected chi connectivity index (χ1v) is 8.53. The zero-order chi connectivity index (χ0) is 16.8. The normalized spacial score (nSPS) is 11.5. The number of fused-ring (bicyclic) bond motifs is 1. The van der Waals surface area contributed by atoms with Crippen molar-refractivity contribution in [3.05, 3.63) is 53.8 Å². The third-order valence-corrected chi connectivity index (χ3v) is 4.52. The molecule has 0 spiro atoms. The maximum atomic E-state index is 8.43. The summed E-state index contributed by atoms with van der Waals surface area (Å²) in [6.45, 7) is 0.897. The molecule has 0 aliphatic rings. The summed E-state index contributed by atoms with van der Waals surface area (Å²) in [6, 6.07) is 12.2. The SMILES string of the molecule is ON=CCCCCCn1c(-c2cccnc2)c(Cl)c2ccccc21. The molecule has 4 nitrogen and oxygen atoms in total. The first kappa shape index (κ1) is 16.5. The maximum absolute atomic E-state index is 8.43. The molecule has 1 aromatic carbocycles. The van der Waals surface area contributed by atoms with Crippen molar-refractivity contribution in [2.24, 2.45) is 5.16 Å². The summed E-state index contributed by atoms with van der Waals surface area (Å²) in [7, 11) is 0. The molecule has 0 amide bonds. The molecule has 2 heterocycles. The second-order valence-electron chi connectivity index (χ2n) is 5.72. The summed E-state index contributed by atoms with van der Waals surface area (Å²) >= 11 is 6.68. The highest BCUT2D eigenvalue weighted by molar-refractivity contribution is 6.38. The minimum Gasteiger partial charge on any atom is -0.411 e. The van der Waals surface area contributed by atoms with Gasteiger partial charge in [-0.1, -0.05) is 36.2 Å². The van der Waals surface area contributed by atoms with Gasteiger partial charge in [0.2, 0.25) is 0 Å². The number of halogens is 1. The van der Waals surface area contributed by atoms with Crippen molar-refractivity contribution in [1.82, 2.24) is 9.55 Å². The number of aryl methyl sites for hydroxylation is 1. The molecular formula is C19H20ClN3O. The summed E-state index contributed by atoms with van der Waals surface area (Å²) in [6.07, 6.45) is 9.10. The predicted molar refractivity (Wildman–Crippen MR) is 98.9 cm³/mol. The molecule has 5 heteroatoms. The summed E-state index contributed by atoms with van der Waals surface area (Å²) in [5.41, 5.74) is 3.22. The fourth-order valence-corrected chi connectivity index (χ4v) is 3.39. The number of oxime groups is 1. The van der Waals surface area contributed by atoms with Gasteiger partial charge >= 0.3 is 0 Å². The van der Waals surface area contributed by atoms with Crippen molar-refractivity contribution < 1.29 is 5.21 Å². The number of para-hydroxylation sites is 1. The van der Waals surface area contributed by atoms with E-state index in [-0.39, 0.29) is 0 Å². The molecule has 0 aliphatic carbocycles. The Hall–Kier alpha value is -2.33. The molecule has 0 saturated heterocycles. The van der Waals surface area contributed by atoms with Crippen LogP contribution in [0.2, 0.25) is 5.02 Å². The summed E-state index contributed by atoms with van der Waals surface area (Å²) in [4.78, 5) is 4.23. The third kappa shape index (κ3) is 3.44. The molecule has 0 saturated carbocycles. The molecular weight excluding hydrogens is 322 g/mol. The fraction of sp³-hybridized carbons (Fsp3) is 0.263. The van der Waals surface area contributed by atoms with Crippen molar-refractivity contribution in [3.8, 4) is 11.3 Å². The van der Waals surface area contributed by atoms with E-state index in [2.05, 4.69) is 26.8 Å². The highest BCUT2D eigenvalue weighted by atomic mass is 35.5. The number of benzene rings is 1. The minimum absolute atomic E-state index is 0.783. The molecule has 0 atom stereocenters. The lowest BCUT2D eigenvalue weighted by molar-refractivity contribution is 0.320. The van der Waals surface area contributed by atoms with Gasteiger partial charge in [0.15, 0.2) is 0 Å². The maximum Gasteiger partial charge on any atom is 0.0743 e. The van der Waals surface area contributed by atoms with Gasteiger partial charge in [-0.25, -0.2) is 0 Å². The van der Waals surface area contributed by atoms with E-state index in [4.69, 9.17) is 16.8 Å². The van der Waals surface area contributed by atoms with Crippen molar-refractivity contribution >= 4 is 28.7 Å². The van der Waals surface area contributed by atoms with Gasteiger partial charge in [0.25, 0.3) is 0 Å². The summed E-state index contributed by atoms with van der Waals surface area (Å²) in [5.74, 6) is 0. The number of nitrogens with zero attached hydrogens (tertiary/aromatic N) is 3. The lowest BCUT2D eigenvalue weighted by Crippen LogP contribution is -2.01. The standard InChI is InChI=1S/C19H20ClN3O/c20-18-16-9-3-4-10-17(16)23(13-6-2-1-5-12-22-24)19(18)15-8-7-11-21-14-15/h3-4,7-12,14,24H,1-2,5-6,13H2. The van der Waals surface area contributed by atoms with Crippen LogP contribution in [0.25, 0.3) is 22.2 Å². The van der Waals surface area contributed by atoms with Crippen molar-refractivity contribution in [2.75, 3.05) is 0 Å². The quantitative estimate of drug-likeness (QED) is 0.271. The Kier molecular flexibility index (Phi) is 5.49. The van der Waals surface area contributed by atoms with Crippen LogP contribution < -0.4 is 0 Å². The fourth-order valence-electron chi connectivity index (χ4n) is 3.02. The lowest BCUT2D eigenvalue weighted by atomic mass is 10.2. The van der Waals surface area contributed by atoms with E-state index in [1.165, 1.54) is 0 Å². The van der Waals surface area contributed by atoms with E-state index in [9.17, 15) is 0 Å². The van der Waals surface area contributed by atoms with Crippen LogP contribution in [-0.2, 0) is 6.54 Å². The van der Waals surface area contributed by atoms with Crippen LogP contribution in [0.4, 0.5) is 0 Å². The molecule has 1 N–H and O–H groups in total. The van der Waals surface area contributed by atoms with Crippen molar-refractivity contribution in [1.29, 1.82) is 0 Å². The van der Waals surface area contributed by atoms with Gasteiger partial charge in [-0.2, -0.15) is 0 Å². The highest BCUT2D eigenvalue weighted by Crippen LogP contribution is 2.37. The van der Waals surface area contributed by atoms with Gasteiger partial charge in [-0.05, 0) is 37.5 Å². The van der Waals surface area contributed by atoms with Gasteiger partial charge in [-0.15, -0.1) is 5.16 Å². The Morgan fingerprint density at radius 3 is 2.79 bits per heavy atom. The Balaban J connectivity index is 1.90. The van der Waals surface area contributed by atoms with Crippen LogP contribution in [0.15, 0.2) is 53.9 Å². The lowest BCUT2D eigenvalue weighted by Gasteiger charge is -2.11. The molecule has 124 valence electrons. The Labute approximate surface area is 146 Å². The van der Waals surface area contributed by atoms with Crippen LogP contribution in [0.3, 0.4) is 0 Å². The average Bonchev–Trinajstić information content (AvgIpc) is 2.91. The van der Waals surface area contributed by atoms with Gasteiger partial charge in [0.05, 0.1) is 16.2 Å². The number of unbranched alkanes of at least 4 members (excludes halogenated alkanes) is 3. The molecule has 3 aromatic rings. The van der Waals surface area contributed by atoms with Crippen LogP contribution in [0.5, 0.6) is 0 Å². The largest absolute Gasteiger partial charge is 0.411 e. The summed E-state index contributed by atoms with van der Waals surface area (Å²) < 4.78 is 2.29. The second-order valence-corrected chi connectivity index (χ2v) is 6.10. The van der Waals surface area contributed by atoms with E-state index in [0.717, 1.165) is 59.4 Å². The van der Waals surface area contributed by atoms with Gasteiger partial charge < -0.3 is 9.77 Å². The number of hydrogen-bond donors (Lipinski definition) is 1. The molecule has 0 fully saturated rings. The van der Waals surface area contributed by atoms with Crippen LogP contribution in [-0.4, -0.2) is 21.0 Å². The number of aromatic nitrogens is 2. The Morgan fingerprint density at radius 1 is 1.12 bits per heavy atom. The van der Waals surface area contributed by atoms with E-state index >= 15 is 0 Å². The molecule has 0 radical (unpaired) electrons. The van der Waals surface area contributed by atoms with E-state index in [1.807, 2.05) is 30.5 Å². The predicted octanol–water partition coefficient (Wildman–Crippen LogP) is 5.38. The van der Waals surface area contributed by atoms with Crippen LogP contribution >= 0.6 is 11.6 Å². The van der Waals surface area contributed by atoms with E-state index < -0.39 is 0 Å². The van der Waals surface area contributed by atoms with Crippen molar-refractivity contribution in [2.45, 2.75) is 32.2 Å². The first-order valence-electron chi connectivity index (χ1n) is 8.16. The second kappa shape index (κ2) is 7.97. The smallest absolute Gasteiger partial charge is 0.0743 e. The molecule has 24 heavy (non-hydrogen) atoms. The average molecular weight is 342 g/mol. The monoisotopic (exact) mass is 341 g/mol. The molecule has 0 bridgehead atoms. The van der Waals surface area contributed by atoms with Crippen LogP contribution in [0, 0.1) is 0 Å². The zero-order valence-electron chi connectivity index (χ0n) is 13.4. The first-order chi connectivity index (χ1) is 11.8. The highest BCUT2D eigenvalue weighted by Gasteiger charge is 2.16. The number of rotatable bonds is 7. The molecule has 0 unspecified atom stereocenters. The van der Waals surface area contributed by atoms with Gasteiger partial charge in [0.1, 0.15) is 0 Å². The Bertz CT molecular complexity index is 827.